The summed E-state index contributed by atoms with van der Waals surface area (Å²) in [6, 6.07) is 0. The van der Waals surface area contributed by atoms with Crippen molar-refractivity contribution in [3.05, 3.63) is 27.4 Å². The molecule has 0 saturated carbocycles. The van der Waals surface area contributed by atoms with Crippen LogP contribution >= 0.6 is 11.9 Å². The predicted octanol–water partition coefficient (Wildman–Crippen LogP) is 1.62. The average Bonchev–Trinajstić information content (AvgIpc) is 2.57. The van der Waals surface area contributed by atoms with E-state index in [0.29, 0.717) is 12.2 Å². The van der Waals surface area contributed by atoms with Crippen molar-refractivity contribution in [2.45, 2.75) is 19.5 Å². The normalized spacial score (nSPS) is 15.5. The van der Waals surface area contributed by atoms with Crippen LogP contribution in [-0.2, 0) is 12.6 Å². The van der Waals surface area contributed by atoms with Gasteiger partial charge in [0.25, 0.3) is 5.56 Å². The summed E-state index contributed by atoms with van der Waals surface area (Å²) in [6.07, 6.45) is -4.14. The quantitative estimate of drug-likeness (QED) is 0.686. The minimum atomic E-state index is -4.55. The van der Waals surface area contributed by atoms with Crippen molar-refractivity contribution in [2.75, 3.05) is 5.75 Å². The molecule has 0 bridgehead atoms. The fourth-order valence-corrected chi connectivity index (χ4v) is 2.42. The van der Waals surface area contributed by atoms with Crippen molar-refractivity contribution >= 4 is 11.9 Å². The molecular formula is C8H7F3N2OS. The van der Waals surface area contributed by atoms with Gasteiger partial charge in [0.15, 0.2) is 5.69 Å². The van der Waals surface area contributed by atoms with E-state index in [-0.39, 0.29) is 11.4 Å². The van der Waals surface area contributed by atoms with Gasteiger partial charge in [-0.05, 0) is 18.9 Å². The zero-order valence-corrected chi connectivity index (χ0v) is 8.58. The van der Waals surface area contributed by atoms with Crippen LogP contribution in [0.25, 0.3) is 0 Å². The van der Waals surface area contributed by atoms with Gasteiger partial charge in [-0.3, -0.25) is 4.79 Å². The Hall–Kier alpha value is -0.980. The molecule has 0 fully saturated rings. The lowest BCUT2D eigenvalue weighted by Gasteiger charge is -2.10. The predicted molar refractivity (Wildman–Crippen MR) is 49.8 cm³/mol. The Balaban J connectivity index is 2.70. The summed E-state index contributed by atoms with van der Waals surface area (Å²) in [5, 5.41) is 0. The smallest absolute Gasteiger partial charge is 0.268 e. The second kappa shape index (κ2) is 3.26. The first-order valence-corrected chi connectivity index (χ1v) is 5.18. The van der Waals surface area contributed by atoms with Crippen LogP contribution in [0.5, 0.6) is 0 Å². The summed E-state index contributed by atoms with van der Waals surface area (Å²) >= 11 is 1.20. The zero-order valence-electron chi connectivity index (χ0n) is 7.76. The van der Waals surface area contributed by atoms with E-state index in [4.69, 9.17) is 0 Å². The fourth-order valence-electron chi connectivity index (χ4n) is 1.42. The maximum atomic E-state index is 12.5. The third-order valence-corrected chi connectivity index (χ3v) is 3.17. The highest BCUT2D eigenvalue weighted by molar-refractivity contribution is 7.98. The second-order valence-electron chi connectivity index (χ2n) is 3.18. The SMILES string of the molecule is Cc1c(C(F)(F)F)nc2n(c1=O)SCC2. The molecule has 2 rings (SSSR count). The number of aromatic nitrogens is 2. The molecule has 1 aliphatic rings. The van der Waals surface area contributed by atoms with E-state index in [0.717, 1.165) is 6.92 Å². The molecule has 15 heavy (non-hydrogen) atoms. The van der Waals surface area contributed by atoms with Crippen molar-refractivity contribution in [1.29, 1.82) is 0 Å². The monoisotopic (exact) mass is 236 g/mol. The molecule has 0 aromatic carbocycles. The van der Waals surface area contributed by atoms with Gasteiger partial charge >= 0.3 is 6.18 Å². The van der Waals surface area contributed by atoms with Crippen LogP contribution < -0.4 is 5.56 Å². The number of nitrogens with zero attached hydrogens (tertiary/aromatic N) is 2. The molecular weight excluding hydrogens is 229 g/mol. The molecule has 0 unspecified atom stereocenters. The minimum absolute atomic E-state index is 0.211. The van der Waals surface area contributed by atoms with E-state index in [1.165, 1.54) is 15.9 Å². The van der Waals surface area contributed by atoms with Gasteiger partial charge in [-0.1, -0.05) is 0 Å². The Kier molecular flexibility index (Phi) is 2.29. The number of alkyl halides is 3. The van der Waals surface area contributed by atoms with Gasteiger partial charge in [0.1, 0.15) is 5.82 Å². The highest BCUT2D eigenvalue weighted by Crippen LogP contribution is 2.30. The van der Waals surface area contributed by atoms with Gasteiger partial charge in [-0.2, -0.15) is 13.2 Å². The molecule has 0 spiro atoms. The van der Waals surface area contributed by atoms with Gasteiger partial charge in [0.2, 0.25) is 0 Å². The van der Waals surface area contributed by atoms with E-state index in [2.05, 4.69) is 4.98 Å². The zero-order chi connectivity index (χ0) is 11.2. The van der Waals surface area contributed by atoms with Gasteiger partial charge in [0.05, 0.1) is 0 Å². The summed E-state index contributed by atoms with van der Waals surface area (Å²) < 4.78 is 38.7. The summed E-state index contributed by atoms with van der Waals surface area (Å²) in [5.74, 6) is 0.811. The van der Waals surface area contributed by atoms with Crippen molar-refractivity contribution in [3.63, 3.8) is 0 Å². The van der Waals surface area contributed by atoms with Crippen LogP contribution in [0.3, 0.4) is 0 Å². The molecule has 7 heteroatoms. The first kappa shape index (κ1) is 10.5. The van der Waals surface area contributed by atoms with Crippen LogP contribution in [0.1, 0.15) is 17.1 Å². The lowest BCUT2D eigenvalue weighted by Crippen LogP contribution is -2.26. The summed E-state index contributed by atoms with van der Waals surface area (Å²) in [5.41, 5.74) is -1.99. The van der Waals surface area contributed by atoms with Crippen molar-refractivity contribution in [1.82, 2.24) is 8.96 Å². The molecule has 0 amide bonds. The van der Waals surface area contributed by atoms with Gasteiger partial charge < -0.3 is 0 Å². The Morgan fingerprint density at radius 1 is 1.47 bits per heavy atom. The summed E-state index contributed by atoms with van der Waals surface area (Å²) in [7, 11) is 0. The number of aryl methyl sites for hydroxylation is 1. The van der Waals surface area contributed by atoms with E-state index >= 15 is 0 Å². The van der Waals surface area contributed by atoms with Gasteiger partial charge in [-0.25, -0.2) is 8.96 Å². The minimum Gasteiger partial charge on any atom is -0.268 e. The Labute approximate surface area is 87.5 Å². The number of hydrogen-bond acceptors (Lipinski definition) is 3. The summed E-state index contributed by atoms with van der Waals surface area (Å²) in [6.45, 7) is 1.16. The number of fused-ring (bicyclic) bond motifs is 1. The average molecular weight is 236 g/mol. The van der Waals surface area contributed by atoms with Crippen molar-refractivity contribution < 1.29 is 13.2 Å². The molecule has 0 N–H and O–H groups in total. The molecule has 1 aliphatic heterocycles. The molecule has 1 aromatic heterocycles. The fraction of sp³-hybridized carbons (Fsp3) is 0.500. The van der Waals surface area contributed by atoms with Crippen molar-refractivity contribution in [3.8, 4) is 0 Å². The number of hydrogen-bond donors (Lipinski definition) is 0. The van der Waals surface area contributed by atoms with Gasteiger partial charge in [-0.15, -0.1) is 0 Å². The molecule has 2 heterocycles. The molecule has 3 nitrogen and oxygen atoms in total. The Bertz CT molecular complexity index is 466. The molecule has 0 atom stereocenters. The van der Waals surface area contributed by atoms with E-state index in [9.17, 15) is 18.0 Å². The molecule has 0 aliphatic carbocycles. The van der Waals surface area contributed by atoms with E-state index in [1.54, 1.807) is 0 Å². The number of halogens is 3. The standard InChI is InChI=1S/C8H7F3N2OS/c1-4-6(8(9,10)11)12-5-2-3-15-13(5)7(4)14/h2-3H2,1H3. The molecule has 82 valence electrons. The molecule has 0 radical (unpaired) electrons. The third-order valence-electron chi connectivity index (χ3n) is 2.15. The van der Waals surface area contributed by atoms with Crippen molar-refractivity contribution in [2.24, 2.45) is 0 Å². The maximum Gasteiger partial charge on any atom is 0.433 e. The van der Waals surface area contributed by atoms with Crippen LogP contribution in [0.15, 0.2) is 4.79 Å². The van der Waals surface area contributed by atoms with Gasteiger partial charge in [0, 0.05) is 17.7 Å². The van der Waals surface area contributed by atoms with E-state index in [1.807, 2.05) is 0 Å². The first-order chi connectivity index (χ1) is 6.91. The van der Waals surface area contributed by atoms with E-state index < -0.39 is 17.4 Å². The molecule has 1 aromatic rings. The summed E-state index contributed by atoms with van der Waals surface area (Å²) in [4.78, 5) is 15.0. The first-order valence-electron chi connectivity index (χ1n) is 4.24. The second-order valence-corrected chi connectivity index (χ2v) is 4.21. The highest BCUT2D eigenvalue weighted by Gasteiger charge is 2.37. The van der Waals surface area contributed by atoms with Crippen LogP contribution in [0.2, 0.25) is 0 Å². The number of rotatable bonds is 0. The lowest BCUT2D eigenvalue weighted by atomic mass is 10.2. The third kappa shape index (κ3) is 1.64. The maximum absolute atomic E-state index is 12.5. The van der Waals surface area contributed by atoms with Crippen LogP contribution in [0, 0.1) is 6.92 Å². The largest absolute Gasteiger partial charge is 0.433 e. The van der Waals surface area contributed by atoms with Crippen LogP contribution in [-0.4, -0.2) is 14.7 Å². The lowest BCUT2D eigenvalue weighted by molar-refractivity contribution is -0.142. The Morgan fingerprint density at radius 2 is 2.13 bits per heavy atom. The Morgan fingerprint density at radius 3 is 2.73 bits per heavy atom. The molecule has 0 saturated heterocycles. The van der Waals surface area contributed by atoms with Crippen LogP contribution in [0.4, 0.5) is 13.2 Å². The topological polar surface area (TPSA) is 34.9 Å². The highest BCUT2D eigenvalue weighted by atomic mass is 32.2.